The molecule has 116 valence electrons. The van der Waals surface area contributed by atoms with Gasteiger partial charge in [-0.1, -0.05) is 29.4 Å². The predicted molar refractivity (Wildman–Crippen MR) is 88.2 cm³/mol. The first-order valence-corrected chi connectivity index (χ1v) is 7.15. The molecule has 1 amide bonds. The molecular weight excluding hydrogens is 292 g/mol. The Morgan fingerprint density at radius 2 is 1.87 bits per heavy atom. The minimum atomic E-state index is -0.0994. The maximum Gasteiger partial charge on any atom is 0.221 e. The summed E-state index contributed by atoms with van der Waals surface area (Å²) in [4.78, 5) is 11.0. The number of ether oxygens (including phenoxy) is 1. The van der Waals surface area contributed by atoms with E-state index in [2.05, 4.69) is 10.5 Å². The fraction of sp³-hybridized carbons (Fsp3) is 0.111. The second-order valence-corrected chi connectivity index (χ2v) is 5.04. The van der Waals surface area contributed by atoms with E-state index in [1.807, 2.05) is 54.6 Å². The van der Waals surface area contributed by atoms with Gasteiger partial charge in [0.05, 0.1) is 12.7 Å². The zero-order chi connectivity index (χ0) is 16.2. The van der Waals surface area contributed by atoms with Crippen LogP contribution >= 0.6 is 0 Å². The fourth-order valence-electron chi connectivity index (χ4n) is 2.31. The lowest BCUT2D eigenvalue weighted by Crippen LogP contribution is -2.05. The van der Waals surface area contributed by atoms with Crippen molar-refractivity contribution in [1.82, 2.24) is 5.16 Å². The molecule has 0 aliphatic heterocycles. The summed E-state index contributed by atoms with van der Waals surface area (Å²) in [6, 6.07) is 16.9. The molecule has 0 saturated heterocycles. The van der Waals surface area contributed by atoms with Gasteiger partial charge in [-0.3, -0.25) is 4.79 Å². The quantitative estimate of drug-likeness (QED) is 0.792. The van der Waals surface area contributed by atoms with Crippen LogP contribution < -0.4 is 10.1 Å². The number of methoxy groups -OCH3 is 1. The SMILES string of the molecule is COc1ccccc1-c1cc(-c2ccc(NC(C)=O)cc2)no1. The molecule has 0 aliphatic rings. The summed E-state index contributed by atoms with van der Waals surface area (Å²) in [5, 5.41) is 6.84. The molecule has 0 aliphatic carbocycles. The molecule has 5 heteroatoms. The van der Waals surface area contributed by atoms with Crippen LogP contribution in [0.5, 0.6) is 5.75 Å². The number of hydrogen-bond acceptors (Lipinski definition) is 4. The largest absolute Gasteiger partial charge is 0.496 e. The zero-order valence-electron chi connectivity index (χ0n) is 12.9. The molecular formula is C18H16N2O3. The normalized spacial score (nSPS) is 10.3. The first-order valence-electron chi connectivity index (χ1n) is 7.15. The lowest BCUT2D eigenvalue weighted by atomic mass is 10.1. The van der Waals surface area contributed by atoms with Crippen LogP contribution in [-0.2, 0) is 4.79 Å². The second-order valence-electron chi connectivity index (χ2n) is 5.04. The van der Waals surface area contributed by atoms with Gasteiger partial charge in [0, 0.05) is 24.2 Å². The summed E-state index contributed by atoms with van der Waals surface area (Å²) in [5.74, 6) is 1.28. The molecule has 1 heterocycles. The standard InChI is InChI=1S/C18H16N2O3/c1-12(21)19-14-9-7-13(8-10-14)16-11-18(23-20-16)15-5-3-4-6-17(15)22-2/h3-11H,1-2H3,(H,19,21). The number of nitrogens with zero attached hydrogens (tertiary/aromatic N) is 1. The second kappa shape index (κ2) is 6.36. The molecule has 0 fully saturated rings. The molecule has 5 nitrogen and oxygen atoms in total. The summed E-state index contributed by atoms with van der Waals surface area (Å²) in [6.07, 6.45) is 0. The van der Waals surface area contributed by atoms with E-state index in [4.69, 9.17) is 9.26 Å². The van der Waals surface area contributed by atoms with Crippen LogP contribution in [0.4, 0.5) is 5.69 Å². The average Bonchev–Trinajstić information content (AvgIpc) is 3.05. The van der Waals surface area contributed by atoms with Crippen molar-refractivity contribution in [2.24, 2.45) is 0 Å². The Kier molecular flexibility index (Phi) is 4.10. The third kappa shape index (κ3) is 3.23. The van der Waals surface area contributed by atoms with Crippen LogP contribution in [0.3, 0.4) is 0 Å². The van der Waals surface area contributed by atoms with Crippen LogP contribution in [-0.4, -0.2) is 18.2 Å². The van der Waals surface area contributed by atoms with Gasteiger partial charge in [-0.05, 0) is 24.3 Å². The Balaban J connectivity index is 1.88. The summed E-state index contributed by atoms with van der Waals surface area (Å²) in [6.45, 7) is 1.48. The highest BCUT2D eigenvalue weighted by molar-refractivity contribution is 5.89. The summed E-state index contributed by atoms with van der Waals surface area (Å²) in [7, 11) is 1.62. The maximum atomic E-state index is 11.0. The van der Waals surface area contributed by atoms with E-state index < -0.39 is 0 Å². The number of carbonyl (C=O) groups is 1. The first kappa shape index (κ1) is 14.8. The number of amides is 1. The van der Waals surface area contributed by atoms with Gasteiger partial charge in [0.2, 0.25) is 5.91 Å². The van der Waals surface area contributed by atoms with Gasteiger partial charge >= 0.3 is 0 Å². The molecule has 2 aromatic carbocycles. The molecule has 0 saturated carbocycles. The highest BCUT2D eigenvalue weighted by Gasteiger charge is 2.12. The summed E-state index contributed by atoms with van der Waals surface area (Å²) >= 11 is 0. The van der Waals surface area contributed by atoms with Crippen molar-refractivity contribution in [3.8, 4) is 28.3 Å². The Morgan fingerprint density at radius 1 is 1.13 bits per heavy atom. The van der Waals surface area contributed by atoms with Gasteiger partial charge < -0.3 is 14.6 Å². The van der Waals surface area contributed by atoms with Crippen molar-refractivity contribution in [3.05, 3.63) is 54.6 Å². The number of anilines is 1. The van der Waals surface area contributed by atoms with E-state index in [1.54, 1.807) is 7.11 Å². The highest BCUT2D eigenvalue weighted by atomic mass is 16.5. The number of aromatic nitrogens is 1. The predicted octanol–water partition coefficient (Wildman–Crippen LogP) is 3.98. The lowest BCUT2D eigenvalue weighted by molar-refractivity contribution is -0.114. The highest BCUT2D eigenvalue weighted by Crippen LogP contribution is 2.32. The minimum absolute atomic E-state index is 0.0994. The molecule has 0 radical (unpaired) electrons. The Labute approximate surface area is 133 Å². The first-order chi connectivity index (χ1) is 11.2. The number of para-hydroxylation sites is 1. The Morgan fingerprint density at radius 3 is 2.57 bits per heavy atom. The summed E-state index contributed by atoms with van der Waals surface area (Å²) < 4.78 is 10.8. The molecule has 3 rings (SSSR count). The molecule has 0 spiro atoms. The monoisotopic (exact) mass is 308 g/mol. The van der Waals surface area contributed by atoms with Gasteiger partial charge in [-0.25, -0.2) is 0 Å². The fourth-order valence-corrected chi connectivity index (χ4v) is 2.31. The van der Waals surface area contributed by atoms with E-state index in [1.165, 1.54) is 6.92 Å². The van der Waals surface area contributed by atoms with Crippen molar-refractivity contribution in [2.75, 3.05) is 12.4 Å². The van der Waals surface area contributed by atoms with E-state index in [0.29, 0.717) is 5.76 Å². The number of rotatable bonds is 4. The topological polar surface area (TPSA) is 64.4 Å². The number of hydrogen-bond donors (Lipinski definition) is 1. The average molecular weight is 308 g/mol. The van der Waals surface area contributed by atoms with Gasteiger partial charge in [-0.2, -0.15) is 0 Å². The third-order valence-electron chi connectivity index (χ3n) is 3.38. The van der Waals surface area contributed by atoms with Gasteiger partial charge in [0.25, 0.3) is 0 Å². The van der Waals surface area contributed by atoms with Crippen molar-refractivity contribution < 1.29 is 14.1 Å². The number of carbonyl (C=O) groups excluding carboxylic acids is 1. The maximum absolute atomic E-state index is 11.0. The van der Waals surface area contributed by atoms with Crippen molar-refractivity contribution in [2.45, 2.75) is 6.92 Å². The van der Waals surface area contributed by atoms with Gasteiger partial charge in [-0.15, -0.1) is 0 Å². The molecule has 3 aromatic rings. The Bertz CT molecular complexity index is 822. The van der Waals surface area contributed by atoms with E-state index in [0.717, 1.165) is 28.3 Å². The number of nitrogens with one attached hydrogen (secondary N) is 1. The van der Waals surface area contributed by atoms with Crippen molar-refractivity contribution in [1.29, 1.82) is 0 Å². The zero-order valence-corrected chi connectivity index (χ0v) is 12.9. The van der Waals surface area contributed by atoms with Crippen LogP contribution in [0, 0.1) is 0 Å². The summed E-state index contributed by atoms with van der Waals surface area (Å²) in [5.41, 5.74) is 3.22. The molecule has 1 N–H and O–H groups in total. The molecule has 23 heavy (non-hydrogen) atoms. The van der Waals surface area contributed by atoms with Gasteiger partial charge in [0.1, 0.15) is 11.4 Å². The van der Waals surface area contributed by atoms with E-state index in [9.17, 15) is 4.79 Å². The molecule has 0 bridgehead atoms. The minimum Gasteiger partial charge on any atom is -0.496 e. The van der Waals surface area contributed by atoms with Crippen LogP contribution in [0.1, 0.15) is 6.92 Å². The van der Waals surface area contributed by atoms with Crippen LogP contribution in [0.15, 0.2) is 59.1 Å². The lowest BCUT2D eigenvalue weighted by Gasteiger charge is -2.03. The van der Waals surface area contributed by atoms with E-state index in [-0.39, 0.29) is 5.91 Å². The van der Waals surface area contributed by atoms with Crippen LogP contribution in [0.25, 0.3) is 22.6 Å². The third-order valence-corrected chi connectivity index (χ3v) is 3.38. The molecule has 1 aromatic heterocycles. The Hall–Kier alpha value is -3.08. The molecule has 0 unspecified atom stereocenters. The number of benzene rings is 2. The van der Waals surface area contributed by atoms with Crippen LogP contribution in [0.2, 0.25) is 0 Å². The molecule has 0 atom stereocenters. The van der Waals surface area contributed by atoms with E-state index >= 15 is 0 Å². The smallest absolute Gasteiger partial charge is 0.221 e. The van der Waals surface area contributed by atoms with Crippen molar-refractivity contribution >= 4 is 11.6 Å². The van der Waals surface area contributed by atoms with Crippen molar-refractivity contribution in [3.63, 3.8) is 0 Å². The van der Waals surface area contributed by atoms with Gasteiger partial charge in [0.15, 0.2) is 5.76 Å².